The molecule has 0 saturated carbocycles. The lowest BCUT2D eigenvalue weighted by Crippen LogP contribution is -2.19. The van der Waals surface area contributed by atoms with Gasteiger partial charge in [0.05, 0.1) is 22.0 Å². The van der Waals surface area contributed by atoms with E-state index in [9.17, 15) is 4.79 Å². The molecule has 1 aromatic heterocycles. The standard InChI is InChI=1S/C22H20BrCl2N3OS/c1-14-8-17(15(2)28(14)19-6-7-20(24)21(25)10-19)11-26-27-22(29)13-30-12-16-4-3-5-18(23)9-16/h3-11H,12-13H2,1-2H3,(H,27,29). The van der Waals surface area contributed by atoms with Crippen LogP contribution in [0.5, 0.6) is 0 Å². The van der Waals surface area contributed by atoms with Crippen molar-refractivity contribution in [3.8, 4) is 5.69 Å². The van der Waals surface area contributed by atoms with Crippen molar-refractivity contribution in [1.82, 2.24) is 9.99 Å². The molecule has 4 nitrogen and oxygen atoms in total. The van der Waals surface area contributed by atoms with Crippen LogP contribution in [0.3, 0.4) is 0 Å². The molecule has 156 valence electrons. The lowest BCUT2D eigenvalue weighted by Gasteiger charge is -2.10. The van der Waals surface area contributed by atoms with Gasteiger partial charge in [-0.15, -0.1) is 11.8 Å². The average Bonchev–Trinajstić information content (AvgIpc) is 2.97. The van der Waals surface area contributed by atoms with Gasteiger partial charge in [-0.3, -0.25) is 4.79 Å². The molecule has 0 spiro atoms. The number of thioether (sulfide) groups is 1. The minimum atomic E-state index is -0.135. The van der Waals surface area contributed by atoms with Gasteiger partial charge >= 0.3 is 0 Å². The number of aromatic nitrogens is 1. The Morgan fingerprint density at radius 2 is 1.97 bits per heavy atom. The van der Waals surface area contributed by atoms with Gasteiger partial charge in [-0.2, -0.15) is 5.10 Å². The molecular formula is C22H20BrCl2N3OS. The van der Waals surface area contributed by atoms with Crippen LogP contribution in [0.15, 0.2) is 58.1 Å². The second-order valence-corrected chi connectivity index (χ2v) is 9.39. The maximum atomic E-state index is 12.1. The first-order valence-corrected chi connectivity index (χ1v) is 11.8. The zero-order valence-electron chi connectivity index (χ0n) is 16.5. The van der Waals surface area contributed by atoms with Crippen LogP contribution < -0.4 is 5.43 Å². The Morgan fingerprint density at radius 1 is 1.17 bits per heavy atom. The third-order valence-corrected chi connectivity index (χ3v) is 6.65. The normalized spacial score (nSPS) is 11.2. The summed E-state index contributed by atoms with van der Waals surface area (Å²) in [4.78, 5) is 12.1. The third kappa shape index (κ3) is 5.91. The molecule has 0 unspecified atom stereocenters. The number of hydrogen-bond acceptors (Lipinski definition) is 3. The minimum absolute atomic E-state index is 0.135. The van der Waals surface area contributed by atoms with Gasteiger partial charge in [-0.1, -0.05) is 51.3 Å². The molecule has 3 aromatic rings. The van der Waals surface area contributed by atoms with Crippen LogP contribution in [0, 0.1) is 13.8 Å². The van der Waals surface area contributed by atoms with E-state index in [2.05, 4.69) is 31.0 Å². The van der Waals surface area contributed by atoms with Crippen LogP contribution in [0.2, 0.25) is 10.0 Å². The van der Waals surface area contributed by atoms with Crippen molar-refractivity contribution < 1.29 is 4.79 Å². The molecule has 0 bridgehead atoms. The first kappa shape index (κ1) is 22.9. The quantitative estimate of drug-likeness (QED) is 0.281. The fourth-order valence-electron chi connectivity index (χ4n) is 3.03. The third-order valence-electron chi connectivity index (χ3n) is 4.42. The fraction of sp³-hybridized carbons (Fsp3) is 0.182. The van der Waals surface area contributed by atoms with Gasteiger partial charge in [0.2, 0.25) is 5.91 Å². The van der Waals surface area contributed by atoms with Crippen molar-refractivity contribution in [2.75, 3.05) is 5.75 Å². The molecule has 3 rings (SSSR count). The second-order valence-electron chi connectivity index (χ2n) is 6.68. The Bertz CT molecular complexity index is 1100. The molecule has 0 fully saturated rings. The van der Waals surface area contributed by atoms with Crippen LogP contribution in [0.1, 0.15) is 22.5 Å². The van der Waals surface area contributed by atoms with E-state index < -0.39 is 0 Å². The van der Waals surface area contributed by atoms with E-state index in [-0.39, 0.29) is 5.91 Å². The van der Waals surface area contributed by atoms with Crippen LogP contribution in [0.25, 0.3) is 5.69 Å². The summed E-state index contributed by atoms with van der Waals surface area (Å²) in [6.07, 6.45) is 1.66. The largest absolute Gasteiger partial charge is 0.318 e. The number of benzene rings is 2. The number of carbonyl (C=O) groups excluding carboxylic acids is 1. The molecule has 2 aromatic carbocycles. The zero-order chi connectivity index (χ0) is 21.7. The Hall–Kier alpha value is -1.73. The highest BCUT2D eigenvalue weighted by molar-refractivity contribution is 9.10. The molecule has 0 radical (unpaired) electrons. The average molecular weight is 525 g/mol. The lowest BCUT2D eigenvalue weighted by molar-refractivity contribution is -0.118. The van der Waals surface area contributed by atoms with Crippen LogP contribution in [0.4, 0.5) is 0 Å². The van der Waals surface area contributed by atoms with Gasteiger partial charge in [-0.25, -0.2) is 5.43 Å². The van der Waals surface area contributed by atoms with Gasteiger partial charge in [0.1, 0.15) is 0 Å². The van der Waals surface area contributed by atoms with E-state index in [1.54, 1.807) is 24.0 Å². The number of nitrogens with one attached hydrogen (secondary N) is 1. The number of aryl methyl sites for hydroxylation is 1. The number of rotatable bonds is 7. The van der Waals surface area contributed by atoms with Crippen LogP contribution in [-0.4, -0.2) is 22.4 Å². The predicted molar refractivity (Wildman–Crippen MR) is 131 cm³/mol. The van der Waals surface area contributed by atoms with Crippen LogP contribution in [-0.2, 0) is 10.5 Å². The summed E-state index contributed by atoms with van der Waals surface area (Å²) in [6.45, 7) is 4.00. The number of carbonyl (C=O) groups is 1. The summed E-state index contributed by atoms with van der Waals surface area (Å²) in [5.41, 5.74) is 7.63. The molecule has 1 heterocycles. The van der Waals surface area contributed by atoms with E-state index in [0.29, 0.717) is 15.8 Å². The SMILES string of the molecule is Cc1cc(C=NNC(=O)CSCc2cccc(Br)c2)c(C)n1-c1ccc(Cl)c(Cl)c1. The van der Waals surface area contributed by atoms with Crippen molar-refractivity contribution in [2.24, 2.45) is 5.10 Å². The topological polar surface area (TPSA) is 46.4 Å². The number of halogens is 3. The number of hydrazone groups is 1. The Kier molecular flexibility index (Phi) is 8.06. The number of nitrogens with zero attached hydrogens (tertiary/aromatic N) is 2. The van der Waals surface area contributed by atoms with Crippen molar-refractivity contribution in [3.63, 3.8) is 0 Å². The van der Waals surface area contributed by atoms with Gasteiger partial charge in [0.15, 0.2) is 0 Å². The summed E-state index contributed by atoms with van der Waals surface area (Å²) in [7, 11) is 0. The molecule has 0 atom stereocenters. The summed E-state index contributed by atoms with van der Waals surface area (Å²) in [6, 6.07) is 15.6. The Balaban J connectivity index is 1.58. The van der Waals surface area contributed by atoms with E-state index in [1.807, 2.05) is 56.3 Å². The van der Waals surface area contributed by atoms with Crippen molar-refractivity contribution in [1.29, 1.82) is 0 Å². The molecule has 0 aliphatic carbocycles. The Morgan fingerprint density at radius 3 is 2.70 bits per heavy atom. The highest BCUT2D eigenvalue weighted by atomic mass is 79.9. The van der Waals surface area contributed by atoms with Crippen molar-refractivity contribution in [3.05, 3.63) is 85.6 Å². The summed E-state index contributed by atoms with van der Waals surface area (Å²) in [5, 5.41) is 5.14. The van der Waals surface area contributed by atoms with Crippen molar-refractivity contribution in [2.45, 2.75) is 19.6 Å². The van der Waals surface area contributed by atoms with Gasteiger partial charge in [0, 0.05) is 32.9 Å². The van der Waals surface area contributed by atoms with E-state index >= 15 is 0 Å². The van der Waals surface area contributed by atoms with E-state index in [4.69, 9.17) is 23.2 Å². The van der Waals surface area contributed by atoms with Crippen molar-refractivity contribution >= 4 is 63.0 Å². The predicted octanol–water partition coefficient (Wildman–Crippen LogP) is 6.55. The molecule has 0 aliphatic rings. The first-order chi connectivity index (χ1) is 14.3. The molecule has 8 heteroatoms. The highest BCUT2D eigenvalue weighted by Gasteiger charge is 2.11. The van der Waals surface area contributed by atoms with E-state index in [0.717, 1.165) is 32.9 Å². The summed E-state index contributed by atoms with van der Waals surface area (Å²) < 4.78 is 3.10. The summed E-state index contributed by atoms with van der Waals surface area (Å²) in [5.74, 6) is 0.970. The van der Waals surface area contributed by atoms with E-state index in [1.165, 1.54) is 5.56 Å². The highest BCUT2D eigenvalue weighted by Crippen LogP contribution is 2.27. The molecule has 1 amide bonds. The maximum Gasteiger partial charge on any atom is 0.250 e. The van der Waals surface area contributed by atoms with Gasteiger partial charge in [0.25, 0.3) is 0 Å². The number of amides is 1. The molecule has 0 saturated heterocycles. The van der Waals surface area contributed by atoms with Crippen LogP contribution >= 0.6 is 50.9 Å². The molecule has 1 N–H and O–H groups in total. The monoisotopic (exact) mass is 523 g/mol. The molecule has 0 aliphatic heterocycles. The second kappa shape index (κ2) is 10.5. The maximum absolute atomic E-state index is 12.1. The lowest BCUT2D eigenvalue weighted by atomic mass is 10.2. The minimum Gasteiger partial charge on any atom is -0.318 e. The Labute approximate surface area is 198 Å². The molecule has 30 heavy (non-hydrogen) atoms. The first-order valence-electron chi connectivity index (χ1n) is 9.13. The number of hydrogen-bond donors (Lipinski definition) is 1. The fourth-order valence-corrected chi connectivity index (χ4v) is 4.54. The van der Waals surface area contributed by atoms with Gasteiger partial charge in [-0.05, 0) is 55.8 Å². The summed E-state index contributed by atoms with van der Waals surface area (Å²) >= 11 is 17.2. The zero-order valence-corrected chi connectivity index (χ0v) is 20.4. The van der Waals surface area contributed by atoms with Gasteiger partial charge < -0.3 is 4.57 Å². The smallest absolute Gasteiger partial charge is 0.250 e. The molecular weight excluding hydrogens is 505 g/mol.